The van der Waals surface area contributed by atoms with E-state index < -0.39 is 5.97 Å². The second-order valence-electron chi connectivity index (χ2n) is 8.99. The lowest BCUT2D eigenvalue weighted by Crippen LogP contribution is -2.35. The first-order chi connectivity index (χ1) is 17.5. The van der Waals surface area contributed by atoms with Crippen LogP contribution in [-0.2, 0) is 16.1 Å². The van der Waals surface area contributed by atoms with E-state index in [1.807, 2.05) is 13.0 Å². The Kier molecular flexibility index (Phi) is 8.76. The number of morpholine rings is 1. The highest BCUT2D eigenvalue weighted by Gasteiger charge is 2.12. The second-order valence-corrected chi connectivity index (χ2v) is 8.99. The van der Waals surface area contributed by atoms with Gasteiger partial charge in [0.05, 0.1) is 13.2 Å². The Bertz CT molecular complexity index is 1180. The molecule has 4 rings (SSSR count). The Hall–Kier alpha value is -3.61. The Morgan fingerprint density at radius 3 is 2.25 bits per heavy atom. The van der Waals surface area contributed by atoms with Crippen LogP contribution < -0.4 is 9.47 Å². The zero-order valence-electron chi connectivity index (χ0n) is 20.9. The third kappa shape index (κ3) is 7.20. The number of aliphatic carboxylic acids is 1. The molecule has 1 saturated heterocycles. The zero-order chi connectivity index (χ0) is 25.3. The lowest BCUT2D eigenvalue weighted by Gasteiger charge is -2.26. The SMILES string of the molecule is Cc1ccc(/C(=C/COc2ccc(OCC(=O)O)c(C)c2)c2ccc(CN3CCOCC3)cc2)cc1. The highest BCUT2D eigenvalue weighted by molar-refractivity contribution is 5.80. The minimum absolute atomic E-state index is 0.366. The van der Waals surface area contributed by atoms with Crippen LogP contribution in [0.2, 0.25) is 0 Å². The number of ether oxygens (including phenoxy) is 3. The predicted octanol–water partition coefficient (Wildman–Crippen LogP) is 5.11. The van der Waals surface area contributed by atoms with Crippen LogP contribution in [-0.4, -0.2) is 55.5 Å². The van der Waals surface area contributed by atoms with Crippen molar-refractivity contribution in [3.63, 3.8) is 0 Å². The molecule has 0 amide bonds. The topological polar surface area (TPSA) is 68.2 Å². The number of carboxylic acids is 1. The Balaban J connectivity index is 1.48. The predicted molar refractivity (Wildman–Crippen MR) is 141 cm³/mol. The monoisotopic (exact) mass is 487 g/mol. The molecule has 1 aliphatic heterocycles. The minimum Gasteiger partial charge on any atom is -0.489 e. The standard InChI is InChI=1S/C30H33NO5/c1-22-3-7-25(8-4-22)28(26-9-5-24(6-10-26)20-31-14-17-34-18-15-31)13-16-35-27-11-12-29(23(2)19-27)36-21-30(32)33/h3-13,19H,14-18,20-21H2,1-2H3,(H,32,33)/b28-13-. The first kappa shape index (κ1) is 25.5. The fraction of sp³-hybridized carbons (Fsp3) is 0.300. The van der Waals surface area contributed by atoms with Gasteiger partial charge in [-0.1, -0.05) is 54.1 Å². The van der Waals surface area contributed by atoms with Crippen LogP contribution in [0.4, 0.5) is 0 Å². The lowest BCUT2D eigenvalue weighted by molar-refractivity contribution is -0.139. The largest absolute Gasteiger partial charge is 0.489 e. The van der Waals surface area contributed by atoms with Crippen molar-refractivity contribution in [2.75, 3.05) is 39.5 Å². The zero-order valence-corrected chi connectivity index (χ0v) is 20.9. The van der Waals surface area contributed by atoms with Crippen LogP contribution in [0.3, 0.4) is 0 Å². The number of nitrogens with zero attached hydrogens (tertiary/aromatic N) is 1. The molecule has 0 radical (unpaired) electrons. The maximum absolute atomic E-state index is 10.8. The Labute approximate surface area is 212 Å². The van der Waals surface area contributed by atoms with Crippen molar-refractivity contribution in [2.45, 2.75) is 20.4 Å². The van der Waals surface area contributed by atoms with Gasteiger partial charge in [-0.25, -0.2) is 4.79 Å². The molecular formula is C30H33NO5. The molecule has 3 aromatic rings. The van der Waals surface area contributed by atoms with Gasteiger partial charge < -0.3 is 19.3 Å². The summed E-state index contributed by atoms with van der Waals surface area (Å²) in [6, 6.07) is 22.7. The lowest BCUT2D eigenvalue weighted by atomic mass is 9.96. The Morgan fingerprint density at radius 1 is 0.944 bits per heavy atom. The van der Waals surface area contributed by atoms with Crippen molar-refractivity contribution in [3.8, 4) is 11.5 Å². The fourth-order valence-corrected chi connectivity index (χ4v) is 4.18. The van der Waals surface area contributed by atoms with Gasteiger partial charge in [0.15, 0.2) is 6.61 Å². The second kappa shape index (κ2) is 12.4. The van der Waals surface area contributed by atoms with Gasteiger partial charge in [-0.05, 0) is 65.9 Å². The number of aryl methyl sites for hydroxylation is 2. The van der Waals surface area contributed by atoms with E-state index in [1.54, 1.807) is 12.1 Å². The molecule has 6 nitrogen and oxygen atoms in total. The molecule has 0 unspecified atom stereocenters. The van der Waals surface area contributed by atoms with E-state index >= 15 is 0 Å². The van der Waals surface area contributed by atoms with E-state index in [0.717, 1.165) is 55.1 Å². The van der Waals surface area contributed by atoms with Gasteiger partial charge in [0.2, 0.25) is 0 Å². The molecule has 1 N–H and O–H groups in total. The van der Waals surface area contributed by atoms with Gasteiger partial charge in [-0.15, -0.1) is 0 Å². The van der Waals surface area contributed by atoms with Crippen LogP contribution in [0.1, 0.15) is 27.8 Å². The average molecular weight is 488 g/mol. The van der Waals surface area contributed by atoms with Crippen LogP contribution >= 0.6 is 0 Å². The molecule has 0 saturated carbocycles. The maximum atomic E-state index is 10.8. The van der Waals surface area contributed by atoms with E-state index in [-0.39, 0.29) is 6.61 Å². The number of rotatable bonds is 10. The highest BCUT2D eigenvalue weighted by atomic mass is 16.5. The first-order valence-electron chi connectivity index (χ1n) is 12.2. The van der Waals surface area contributed by atoms with Crippen LogP contribution in [0.25, 0.3) is 5.57 Å². The van der Waals surface area contributed by atoms with Gasteiger partial charge in [0, 0.05) is 19.6 Å². The summed E-state index contributed by atoms with van der Waals surface area (Å²) < 4.78 is 16.8. The summed E-state index contributed by atoms with van der Waals surface area (Å²) in [6.07, 6.45) is 2.10. The molecule has 0 aliphatic carbocycles. The van der Waals surface area contributed by atoms with Crippen molar-refractivity contribution in [3.05, 3.63) is 101 Å². The fourth-order valence-electron chi connectivity index (χ4n) is 4.18. The van der Waals surface area contributed by atoms with Gasteiger partial charge in [-0.3, -0.25) is 4.90 Å². The number of carbonyl (C=O) groups is 1. The van der Waals surface area contributed by atoms with E-state index in [2.05, 4.69) is 66.4 Å². The molecule has 36 heavy (non-hydrogen) atoms. The molecule has 1 fully saturated rings. The highest BCUT2D eigenvalue weighted by Crippen LogP contribution is 2.26. The molecule has 0 atom stereocenters. The van der Waals surface area contributed by atoms with Crippen molar-refractivity contribution >= 4 is 11.5 Å². The third-order valence-corrected chi connectivity index (χ3v) is 6.17. The van der Waals surface area contributed by atoms with Gasteiger partial charge in [0.25, 0.3) is 0 Å². The summed E-state index contributed by atoms with van der Waals surface area (Å²) in [6.45, 7) is 8.47. The van der Waals surface area contributed by atoms with E-state index in [0.29, 0.717) is 18.1 Å². The van der Waals surface area contributed by atoms with E-state index in [4.69, 9.17) is 19.3 Å². The summed E-state index contributed by atoms with van der Waals surface area (Å²) in [5.41, 5.74) is 6.73. The summed E-state index contributed by atoms with van der Waals surface area (Å²) in [7, 11) is 0. The van der Waals surface area contributed by atoms with Crippen LogP contribution in [0, 0.1) is 13.8 Å². The van der Waals surface area contributed by atoms with Crippen molar-refractivity contribution in [1.82, 2.24) is 4.90 Å². The number of hydrogen-bond donors (Lipinski definition) is 1. The number of hydrogen-bond acceptors (Lipinski definition) is 5. The van der Waals surface area contributed by atoms with Crippen molar-refractivity contribution in [1.29, 1.82) is 0 Å². The molecule has 0 spiro atoms. The van der Waals surface area contributed by atoms with Crippen molar-refractivity contribution < 1.29 is 24.1 Å². The summed E-state index contributed by atoms with van der Waals surface area (Å²) in [4.78, 5) is 13.2. The molecule has 1 heterocycles. The molecule has 3 aromatic carbocycles. The number of benzene rings is 3. The van der Waals surface area contributed by atoms with E-state index in [9.17, 15) is 4.79 Å². The van der Waals surface area contributed by atoms with Crippen LogP contribution in [0.15, 0.2) is 72.8 Å². The van der Waals surface area contributed by atoms with Gasteiger partial charge in [0.1, 0.15) is 18.1 Å². The molecular weight excluding hydrogens is 454 g/mol. The summed E-state index contributed by atoms with van der Waals surface area (Å²) in [5.74, 6) is 0.242. The van der Waals surface area contributed by atoms with Crippen LogP contribution in [0.5, 0.6) is 11.5 Å². The molecule has 0 bridgehead atoms. The molecule has 6 heteroatoms. The van der Waals surface area contributed by atoms with E-state index in [1.165, 1.54) is 11.1 Å². The average Bonchev–Trinajstić information content (AvgIpc) is 2.88. The molecule has 0 aromatic heterocycles. The molecule has 188 valence electrons. The van der Waals surface area contributed by atoms with Crippen molar-refractivity contribution in [2.24, 2.45) is 0 Å². The third-order valence-electron chi connectivity index (χ3n) is 6.17. The summed E-state index contributed by atoms with van der Waals surface area (Å²) >= 11 is 0. The minimum atomic E-state index is -1.00. The number of carboxylic acid groups (broad SMARTS) is 1. The quantitative estimate of drug-likeness (QED) is 0.429. The normalized spacial score (nSPS) is 14.4. The smallest absolute Gasteiger partial charge is 0.341 e. The van der Waals surface area contributed by atoms with Gasteiger partial charge in [-0.2, -0.15) is 0 Å². The Morgan fingerprint density at radius 2 is 1.61 bits per heavy atom. The summed E-state index contributed by atoms with van der Waals surface area (Å²) in [5, 5.41) is 8.82. The van der Waals surface area contributed by atoms with Gasteiger partial charge >= 0.3 is 5.97 Å². The maximum Gasteiger partial charge on any atom is 0.341 e. The molecule has 1 aliphatic rings. The first-order valence-corrected chi connectivity index (χ1v) is 12.2.